The van der Waals surface area contributed by atoms with Crippen molar-refractivity contribution in [1.29, 1.82) is 0 Å². The summed E-state index contributed by atoms with van der Waals surface area (Å²) in [4.78, 5) is 12.8. The van der Waals surface area contributed by atoms with E-state index in [0.29, 0.717) is 24.5 Å². The molecule has 8 heteroatoms. The Morgan fingerprint density at radius 3 is 2.61 bits per heavy atom. The maximum atomic E-state index is 12.8. The van der Waals surface area contributed by atoms with Gasteiger partial charge in [0.25, 0.3) is 0 Å². The lowest BCUT2D eigenvalue weighted by molar-refractivity contribution is -0.121. The van der Waals surface area contributed by atoms with Crippen molar-refractivity contribution >= 4 is 11.6 Å². The number of fused-ring (bicyclic) bond motifs is 1. The summed E-state index contributed by atoms with van der Waals surface area (Å²) in [6.45, 7) is 2.83. The zero-order chi connectivity index (χ0) is 23.0. The molecule has 8 nitrogen and oxygen atoms in total. The molecule has 0 bridgehead atoms. The quantitative estimate of drug-likeness (QED) is 0.549. The molecule has 2 aliphatic heterocycles. The van der Waals surface area contributed by atoms with Crippen molar-refractivity contribution in [2.24, 2.45) is 5.92 Å². The number of nitrogens with zero attached hydrogens (tertiary/aromatic N) is 1. The predicted octanol–water partition coefficient (Wildman–Crippen LogP) is 3.65. The molecule has 2 aliphatic rings. The van der Waals surface area contributed by atoms with Gasteiger partial charge in [0.2, 0.25) is 5.91 Å². The molecule has 1 atom stereocenters. The summed E-state index contributed by atoms with van der Waals surface area (Å²) < 4.78 is 16.5. The Morgan fingerprint density at radius 1 is 1.09 bits per heavy atom. The second-order valence-corrected chi connectivity index (χ2v) is 8.03. The third kappa shape index (κ3) is 5.64. The van der Waals surface area contributed by atoms with Crippen LogP contribution in [-0.2, 0) is 11.2 Å². The van der Waals surface area contributed by atoms with Gasteiger partial charge in [-0.2, -0.15) is 5.10 Å². The molecule has 33 heavy (non-hydrogen) atoms. The van der Waals surface area contributed by atoms with E-state index in [1.165, 1.54) is 25.9 Å². The SMILES string of the molecule is C1CCNC1.COc1ccc2c(c1)CC(C(=O)Nc1ccc(-c3cn[nH]c3)cc1OC)CO2. The molecular formula is C25H30N4O4. The van der Waals surface area contributed by atoms with Gasteiger partial charge < -0.3 is 24.8 Å². The number of hydrogen-bond acceptors (Lipinski definition) is 6. The van der Waals surface area contributed by atoms with Gasteiger partial charge in [-0.25, -0.2) is 0 Å². The highest BCUT2D eigenvalue weighted by molar-refractivity contribution is 5.95. The van der Waals surface area contributed by atoms with Gasteiger partial charge in [0, 0.05) is 11.8 Å². The zero-order valence-corrected chi connectivity index (χ0v) is 19.0. The van der Waals surface area contributed by atoms with E-state index in [9.17, 15) is 4.79 Å². The largest absolute Gasteiger partial charge is 0.497 e. The van der Waals surface area contributed by atoms with Gasteiger partial charge in [-0.3, -0.25) is 9.89 Å². The van der Waals surface area contributed by atoms with Crippen LogP contribution in [0.4, 0.5) is 5.69 Å². The molecule has 0 radical (unpaired) electrons. The van der Waals surface area contributed by atoms with E-state index in [4.69, 9.17) is 14.2 Å². The standard InChI is InChI=1S/C21H21N3O4.C4H9N/c1-26-17-4-6-19-14(8-17)7-15(12-28-19)21(25)24-18-5-3-13(9-20(18)27-2)16-10-22-23-11-16;1-2-4-5-3-1/h3-6,8-11,15H,7,12H2,1-2H3,(H,22,23)(H,24,25);5H,1-4H2. The number of H-pyrrole nitrogens is 1. The molecule has 3 N–H and O–H groups in total. The van der Waals surface area contributed by atoms with Crippen molar-refractivity contribution < 1.29 is 19.0 Å². The van der Waals surface area contributed by atoms with Gasteiger partial charge in [-0.1, -0.05) is 6.07 Å². The molecule has 3 heterocycles. The number of aromatic nitrogens is 2. The number of benzene rings is 2. The lowest BCUT2D eigenvalue weighted by atomic mass is 9.95. The minimum Gasteiger partial charge on any atom is -0.497 e. The van der Waals surface area contributed by atoms with Crippen molar-refractivity contribution in [3.8, 4) is 28.4 Å². The monoisotopic (exact) mass is 450 g/mol. The fourth-order valence-corrected chi connectivity index (χ4v) is 3.91. The van der Waals surface area contributed by atoms with Gasteiger partial charge in [0.1, 0.15) is 23.9 Å². The van der Waals surface area contributed by atoms with E-state index < -0.39 is 0 Å². The van der Waals surface area contributed by atoms with Crippen LogP contribution in [0.15, 0.2) is 48.8 Å². The second-order valence-electron chi connectivity index (χ2n) is 8.03. The van der Waals surface area contributed by atoms with Crippen molar-refractivity contribution in [1.82, 2.24) is 15.5 Å². The van der Waals surface area contributed by atoms with Crippen LogP contribution in [0.3, 0.4) is 0 Å². The van der Waals surface area contributed by atoms with E-state index in [1.807, 2.05) is 36.4 Å². The predicted molar refractivity (Wildman–Crippen MR) is 127 cm³/mol. The first-order chi connectivity index (χ1) is 16.2. The first-order valence-corrected chi connectivity index (χ1v) is 11.2. The number of amides is 1. The van der Waals surface area contributed by atoms with Crippen LogP contribution in [0.25, 0.3) is 11.1 Å². The number of methoxy groups -OCH3 is 2. The second kappa shape index (κ2) is 10.9. The van der Waals surface area contributed by atoms with Crippen LogP contribution in [0.5, 0.6) is 17.2 Å². The average molecular weight is 451 g/mol. The van der Waals surface area contributed by atoms with E-state index in [0.717, 1.165) is 28.2 Å². The zero-order valence-electron chi connectivity index (χ0n) is 19.0. The number of anilines is 1. The Bertz CT molecular complexity index is 1060. The number of aromatic amines is 1. The Balaban J connectivity index is 0.000000459. The molecule has 1 fully saturated rings. The molecule has 1 amide bonds. The van der Waals surface area contributed by atoms with E-state index in [1.54, 1.807) is 26.6 Å². The number of rotatable bonds is 5. The summed E-state index contributed by atoms with van der Waals surface area (Å²) in [7, 11) is 3.20. The summed E-state index contributed by atoms with van der Waals surface area (Å²) in [6, 6.07) is 11.3. The fraction of sp³-hybridized carbons (Fsp3) is 0.360. The Kier molecular flexibility index (Phi) is 7.47. The van der Waals surface area contributed by atoms with Crippen LogP contribution in [0, 0.1) is 5.92 Å². The first kappa shape index (κ1) is 22.7. The topological polar surface area (TPSA) is 97.5 Å². The number of carbonyl (C=O) groups excluding carboxylic acids is 1. The highest BCUT2D eigenvalue weighted by Crippen LogP contribution is 2.33. The minimum absolute atomic E-state index is 0.108. The molecule has 1 unspecified atom stereocenters. The Morgan fingerprint density at radius 2 is 1.94 bits per heavy atom. The molecule has 3 aromatic rings. The molecule has 174 valence electrons. The van der Waals surface area contributed by atoms with E-state index in [2.05, 4.69) is 20.8 Å². The molecule has 1 saturated heterocycles. The average Bonchev–Trinajstić information content (AvgIpc) is 3.61. The highest BCUT2D eigenvalue weighted by Gasteiger charge is 2.27. The van der Waals surface area contributed by atoms with E-state index >= 15 is 0 Å². The molecule has 0 spiro atoms. The van der Waals surface area contributed by atoms with Crippen molar-refractivity contribution in [2.45, 2.75) is 19.3 Å². The van der Waals surface area contributed by atoms with Crippen LogP contribution in [0.1, 0.15) is 18.4 Å². The number of carbonyl (C=O) groups is 1. The van der Waals surface area contributed by atoms with Gasteiger partial charge in [0.15, 0.2) is 0 Å². The summed E-state index contributed by atoms with van der Waals surface area (Å²) in [6.07, 6.45) is 6.91. The smallest absolute Gasteiger partial charge is 0.231 e. The van der Waals surface area contributed by atoms with Crippen LogP contribution < -0.4 is 24.8 Å². The molecular weight excluding hydrogens is 420 g/mol. The highest BCUT2D eigenvalue weighted by atomic mass is 16.5. The van der Waals surface area contributed by atoms with Gasteiger partial charge in [0.05, 0.1) is 32.0 Å². The minimum atomic E-state index is -0.294. The molecule has 1 aromatic heterocycles. The third-order valence-corrected chi connectivity index (χ3v) is 5.79. The molecule has 2 aromatic carbocycles. The summed E-state index contributed by atoms with van der Waals surface area (Å²) in [5.41, 5.74) is 3.48. The van der Waals surface area contributed by atoms with Gasteiger partial charge in [-0.15, -0.1) is 0 Å². The first-order valence-electron chi connectivity index (χ1n) is 11.2. The fourth-order valence-electron chi connectivity index (χ4n) is 3.91. The lowest BCUT2D eigenvalue weighted by Crippen LogP contribution is -2.32. The maximum absolute atomic E-state index is 12.8. The third-order valence-electron chi connectivity index (χ3n) is 5.79. The van der Waals surface area contributed by atoms with Crippen molar-refractivity contribution in [3.05, 3.63) is 54.4 Å². The van der Waals surface area contributed by atoms with Crippen LogP contribution in [0.2, 0.25) is 0 Å². The summed E-state index contributed by atoms with van der Waals surface area (Å²) >= 11 is 0. The maximum Gasteiger partial charge on any atom is 0.231 e. The Labute approximate surface area is 193 Å². The molecule has 0 aliphatic carbocycles. The molecule has 0 saturated carbocycles. The van der Waals surface area contributed by atoms with Crippen molar-refractivity contribution in [3.63, 3.8) is 0 Å². The normalized spacial score (nSPS) is 16.6. The number of hydrogen-bond donors (Lipinski definition) is 3. The van der Waals surface area contributed by atoms with Crippen molar-refractivity contribution in [2.75, 3.05) is 39.2 Å². The van der Waals surface area contributed by atoms with Crippen LogP contribution in [-0.4, -0.2) is 50.0 Å². The van der Waals surface area contributed by atoms with Gasteiger partial charge in [-0.05, 0) is 73.8 Å². The lowest BCUT2D eigenvalue weighted by Gasteiger charge is -2.25. The van der Waals surface area contributed by atoms with Crippen LogP contribution >= 0.6 is 0 Å². The van der Waals surface area contributed by atoms with E-state index in [-0.39, 0.29) is 11.8 Å². The number of nitrogens with one attached hydrogen (secondary N) is 3. The molecule has 5 rings (SSSR count). The number of ether oxygens (including phenoxy) is 3. The Hall–Kier alpha value is -3.52. The summed E-state index contributed by atoms with van der Waals surface area (Å²) in [5, 5.41) is 12.9. The van der Waals surface area contributed by atoms with Gasteiger partial charge >= 0.3 is 0 Å². The summed E-state index contributed by atoms with van der Waals surface area (Å²) in [5.74, 6) is 1.73.